The summed E-state index contributed by atoms with van der Waals surface area (Å²) >= 11 is 12.4. The molecule has 4 nitrogen and oxygen atoms in total. The third-order valence-electron chi connectivity index (χ3n) is 5.82. The molecule has 176 valence electrons. The molecule has 0 aliphatic carbocycles. The average Bonchev–Trinajstić information content (AvgIpc) is 2.82. The summed E-state index contributed by atoms with van der Waals surface area (Å²) in [6.45, 7) is 0.542. The zero-order chi connectivity index (χ0) is 24.3. The second-order valence-corrected chi connectivity index (χ2v) is 11.2. The zero-order valence-corrected chi connectivity index (χ0v) is 21.4. The molecule has 0 aliphatic rings. The van der Waals surface area contributed by atoms with Gasteiger partial charge in [0.15, 0.2) is 0 Å². The van der Waals surface area contributed by atoms with Crippen LogP contribution in [0.25, 0.3) is 10.8 Å². The van der Waals surface area contributed by atoms with E-state index < -0.39 is 10.0 Å². The summed E-state index contributed by atoms with van der Waals surface area (Å²) in [7, 11) is 0.193. The maximum Gasteiger partial charge on any atom is 0.243 e. The molecule has 0 aromatic heterocycles. The molecule has 0 spiro atoms. The zero-order valence-electron chi connectivity index (χ0n) is 19.1. The molecular weight excluding hydrogens is 487 g/mol. The van der Waals surface area contributed by atoms with Crippen molar-refractivity contribution in [1.29, 1.82) is 0 Å². The lowest BCUT2D eigenvalue weighted by Gasteiger charge is -2.23. The van der Waals surface area contributed by atoms with Crippen LogP contribution in [0, 0.1) is 0 Å². The van der Waals surface area contributed by atoms with Gasteiger partial charge in [-0.2, -0.15) is 4.31 Å². The Morgan fingerprint density at radius 1 is 0.794 bits per heavy atom. The van der Waals surface area contributed by atoms with Gasteiger partial charge in [0, 0.05) is 42.9 Å². The Morgan fingerprint density at radius 3 is 2.18 bits per heavy atom. The predicted molar refractivity (Wildman–Crippen MR) is 142 cm³/mol. The van der Waals surface area contributed by atoms with Gasteiger partial charge >= 0.3 is 0 Å². The minimum atomic E-state index is -3.75. The first-order valence-electron chi connectivity index (χ1n) is 10.9. The van der Waals surface area contributed by atoms with Gasteiger partial charge < -0.3 is 4.90 Å². The number of anilines is 1. The van der Waals surface area contributed by atoms with Gasteiger partial charge in [-0.1, -0.05) is 71.7 Å². The van der Waals surface area contributed by atoms with E-state index in [0.29, 0.717) is 16.5 Å². The molecule has 7 heteroatoms. The van der Waals surface area contributed by atoms with Crippen LogP contribution < -0.4 is 4.90 Å². The van der Waals surface area contributed by atoms with Gasteiger partial charge in [-0.25, -0.2) is 8.42 Å². The van der Waals surface area contributed by atoms with Crippen molar-refractivity contribution in [3.63, 3.8) is 0 Å². The first-order chi connectivity index (χ1) is 16.2. The Hall–Kier alpha value is -2.57. The van der Waals surface area contributed by atoms with Gasteiger partial charge in [-0.3, -0.25) is 0 Å². The molecule has 0 bridgehead atoms. The van der Waals surface area contributed by atoms with Crippen LogP contribution in [0.3, 0.4) is 0 Å². The summed E-state index contributed by atoms with van der Waals surface area (Å²) in [6.07, 6.45) is 0.471. The van der Waals surface area contributed by atoms with Crippen molar-refractivity contribution in [1.82, 2.24) is 4.31 Å². The summed E-state index contributed by atoms with van der Waals surface area (Å²) in [5, 5.41) is 2.97. The van der Waals surface area contributed by atoms with Gasteiger partial charge in [0.1, 0.15) is 0 Å². The van der Waals surface area contributed by atoms with E-state index in [1.807, 2.05) is 79.7 Å². The Labute approximate surface area is 211 Å². The SMILES string of the molecule is CN(C)c1ccc(CN(CCc2ccc(Cl)cc2Cl)S(=O)(=O)c2ccc3ccccc3c2)cc1. The Balaban J connectivity index is 1.67. The number of halogens is 2. The molecule has 0 saturated carbocycles. The van der Waals surface area contributed by atoms with Gasteiger partial charge in [0.2, 0.25) is 10.0 Å². The molecule has 0 unspecified atom stereocenters. The molecule has 4 aromatic rings. The van der Waals surface area contributed by atoms with Crippen molar-refractivity contribution >= 4 is 49.7 Å². The quantitative estimate of drug-likeness (QED) is 0.265. The van der Waals surface area contributed by atoms with Crippen molar-refractivity contribution in [2.24, 2.45) is 0 Å². The highest BCUT2D eigenvalue weighted by molar-refractivity contribution is 7.89. The average molecular weight is 513 g/mol. The smallest absolute Gasteiger partial charge is 0.243 e. The van der Waals surface area contributed by atoms with E-state index in [2.05, 4.69) is 0 Å². The van der Waals surface area contributed by atoms with Crippen LogP contribution in [0.4, 0.5) is 5.69 Å². The highest BCUT2D eigenvalue weighted by atomic mass is 35.5. The van der Waals surface area contributed by atoms with Gasteiger partial charge in [-0.15, -0.1) is 0 Å². The standard InChI is InChI=1S/C27H26Cl2N2O2S/c1-30(2)25-12-7-20(8-13-25)19-31(16-15-22-9-11-24(28)18-27(22)29)34(32,33)26-14-10-21-5-3-4-6-23(21)17-26/h3-14,17-18H,15-16,19H2,1-2H3. The second kappa shape index (κ2) is 10.4. The number of benzene rings is 4. The van der Waals surface area contributed by atoms with Crippen molar-refractivity contribution in [2.75, 3.05) is 25.5 Å². The molecule has 0 N–H and O–H groups in total. The third-order valence-corrected chi connectivity index (χ3v) is 8.24. The van der Waals surface area contributed by atoms with E-state index in [4.69, 9.17) is 23.2 Å². The molecule has 0 heterocycles. The van der Waals surface area contributed by atoms with Crippen molar-refractivity contribution < 1.29 is 8.42 Å². The van der Waals surface area contributed by atoms with Gasteiger partial charge in [0.05, 0.1) is 4.90 Å². The highest BCUT2D eigenvalue weighted by Crippen LogP contribution is 2.26. The lowest BCUT2D eigenvalue weighted by atomic mass is 10.1. The van der Waals surface area contributed by atoms with E-state index in [1.165, 1.54) is 4.31 Å². The largest absolute Gasteiger partial charge is 0.378 e. The minimum absolute atomic E-state index is 0.258. The highest BCUT2D eigenvalue weighted by Gasteiger charge is 2.25. The fourth-order valence-electron chi connectivity index (χ4n) is 3.83. The molecule has 0 fully saturated rings. The minimum Gasteiger partial charge on any atom is -0.378 e. The maximum absolute atomic E-state index is 13.8. The van der Waals surface area contributed by atoms with Crippen LogP contribution in [0.5, 0.6) is 0 Å². The molecule has 34 heavy (non-hydrogen) atoms. The normalized spacial score (nSPS) is 11.8. The summed E-state index contributed by atoms with van der Waals surface area (Å²) in [5.41, 5.74) is 2.82. The van der Waals surface area contributed by atoms with E-state index in [0.717, 1.165) is 27.6 Å². The second-order valence-electron chi connectivity index (χ2n) is 8.39. The summed E-state index contributed by atoms with van der Waals surface area (Å²) in [5.74, 6) is 0. The van der Waals surface area contributed by atoms with Crippen molar-refractivity contribution in [3.8, 4) is 0 Å². The molecule has 0 radical (unpaired) electrons. The number of hydrogen-bond acceptors (Lipinski definition) is 3. The first kappa shape index (κ1) is 24.6. The van der Waals surface area contributed by atoms with Crippen LogP contribution in [-0.4, -0.2) is 33.4 Å². The molecule has 0 amide bonds. The Morgan fingerprint density at radius 2 is 1.50 bits per heavy atom. The topological polar surface area (TPSA) is 40.6 Å². The van der Waals surface area contributed by atoms with Gasteiger partial charge in [-0.05, 0) is 64.7 Å². The van der Waals surface area contributed by atoms with Crippen molar-refractivity contribution in [3.05, 3.63) is 106 Å². The Bertz CT molecular complexity index is 1400. The molecule has 4 rings (SSSR count). The van der Waals surface area contributed by atoms with Crippen LogP contribution in [0.1, 0.15) is 11.1 Å². The fraction of sp³-hybridized carbons (Fsp3) is 0.185. The van der Waals surface area contributed by atoms with Crippen LogP contribution in [0.15, 0.2) is 89.8 Å². The van der Waals surface area contributed by atoms with E-state index in [-0.39, 0.29) is 18.0 Å². The fourth-order valence-corrected chi connectivity index (χ4v) is 5.80. The van der Waals surface area contributed by atoms with Crippen LogP contribution >= 0.6 is 23.2 Å². The van der Waals surface area contributed by atoms with Crippen LogP contribution in [-0.2, 0) is 23.0 Å². The first-order valence-corrected chi connectivity index (χ1v) is 13.1. The van der Waals surface area contributed by atoms with E-state index in [9.17, 15) is 8.42 Å². The van der Waals surface area contributed by atoms with E-state index in [1.54, 1.807) is 24.3 Å². The summed E-state index contributed by atoms with van der Waals surface area (Å²) in [6, 6.07) is 26.2. The number of sulfonamides is 1. The molecule has 0 aliphatic heterocycles. The maximum atomic E-state index is 13.8. The number of fused-ring (bicyclic) bond motifs is 1. The van der Waals surface area contributed by atoms with Gasteiger partial charge in [0.25, 0.3) is 0 Å². The lowest BCUT2D eigenvalue weighted by molar-refractivity contribution is 0.409. The predicted octanol–water partition coefficient (Wildman–Crippen LogP) is 6.65. The molecule has 4 aromatic carbocycles. The third kappa shape index (κ3) is 5.56. The van der Waals surface area contributed by atoms with E-state index >= 15 is 0 Å². The summed E-state index contributed by atoms with van der Waals surface area (Å²) in [4.78, 5) is 2.29. The molecule has 0 saturated heterocycles. The molecule has 0 atom stereocenters. The summed E-state index contributed by atoms with van der Waals surface area (Å²) < 4.78 is 29.1. The van der Waals surface area contributed by atoms with Crippen LogP contribution in [0.2, 0.25) is 10.0 Å². The number of nitrogens with zero attached hydrogens (tertiary/aromatic N) is 2. The number of hydrogen-bond donors (Lipinski definition) is 0. The lowest BCUT2D eigenvalue weighted by Crippen LogP contribution is -2.32. The monoisotopic (exact) mass is 512 g/mol. The molecular formula is C27H26Cl2N2O2S. The Kier molecular flexibility index (Phi) is 7.48. The number of rotatable bonds is 8. The van der Waals surface area contributed by atoms with Crippen molar-refractivity contribution in [2.45, 2.75) is 17.9 Å².